The highest BCUT2D eigenvalue weighted by molar-refractivity contribution is 5.57. The van der Waals surface area contributed by atoms with Crippen molar-refractivity contribution in [3.63, 3.8) is 0 Å². The van der Waals surface area contributed by atoms with Crippen LogP contribution in [-0.4, -0.2) is 4.98 Å². The minimum absolute atomic E-state index is 0.483. The molecule has 2 rings (SSSR count). The van der Waals surface area contributed by atoms with E-state index in [1.807, 2.05) is 18.2 Å². The van der Waals surface area contributed by atoms with Crippen LogP contribution in [-0.2, 0) is 6.54 Å². The number of hydrogen-bond acceptors (Lipinski definition) is 3. The smallest absolute Gasteiger partial charge is 0.145 e. The number of rotatable bonds is 3. The van der Waals surface area contributed by atoms with Gasteiger partial charge in [0, 0.05) is 24.0 Å². The van der Waals surface area contributed by atoms with Crippen molar-refractivity contribution in [3.8, 4) is 6.07 Å². The van der Waals surface area contributed by atoms with E-state index in [4.69, 9.17) is 5.26 Å². The lowest BCUT2D eigenvalue weighted by Crippen LogP contribution is -2.05. The van der Waals surface area contributed by atoms with Crippen LogP contribution in [0.5, 0.6) is 0 Å². The molecule has 3 heteroatoms. The molecule has 0 bridgehead atoms. The molecule has 90 valence electrons. The summed E-state index contributed by atoms with van der Waals surface area (Å²) in [6.07, 6.45) is 1.64. The molecule has 0 amide bonds. The van der Waals surface area contributed by atoms with Crippen molar-refractivity contribution in [1.29, 1.82) is 5.26 Å². The van der Waals surface area contributed by atoms with Gasteiger partial charge in [0.25, 0.3) is 0 Å². The number of aromatic nitrogens is 1. The molecule has 0 atom stereocenters. The van der Waals surface area contributed by atoms with Gasteiger partial charge in [-0.15, -0.1) is 0 Å². The number of benzene rings is 1. The molecular weight excluding hydrogens is 222 g/mol. The second-order valence-electron chi connectivity index (χ2n) is 4.24. The Kier molecular flexibility index (Phi) is 3.59. The number of nitriles is 1. The maximum absolute atomic E-state index is 8.98. The Morgan fingerprint density at radius 2 is 1.89 bits per heavy atom. The highest BCUT2D eigenvalue weighted by Gasteiger charge is 2.04. The van der Waals surface area contributed by atoms with Crippen molar-refractivity contribution in [2.75, 3.05) is 5.32 Å². The van der Waals surface area contributed by atoms with Crippen LogP contribution in [0, 0.1) is 25.2 Å². The van der Waals surface area contributed by atoms with Gasteiger partial charge in [-0.3, -0.25) is 0 Å². The van der Waals surface area contributed by atoms with Gasteiger partial charge in [-0.2, -0.15) is 5.26 Å². The van der Waals surface area contributed by atoms with Gasteiger partial charge in [-0.05, 0) is 31.0 Å². The number of pyridine rings is 1. The Morgan fingerprint density at radius 1 is 1.17 bits per heavy atom. The highest BCUT2D eigenvalue weighted by Crippen LogP contribution is 2.20. The van der Waals surface area contributed by atoms with Crippen LogP contribution < -0.4 is 5.32 Å². The molecule has 3 nitrogen and oxygen atoms in total. The van der Waals surface area contributed by atoms with E-state index >= 15 is 0 Å². The number of nitrogens with zero attached hydrogens (tertiary/aromatic N) is 2. The molecule has 1 N–H and O–H groups in total. The Labute approximate surface area is 107 Å². The number of hydrogen-bond donors (Lipinski definition) is 1. The Hall–Kier alpha value is -2.34. The molecule has 0 unspecified atom stereocenters. The summed E-state index contributed by atoms with van der Waals surface area (Å²) in [5, 5.41) is 12.4. The summed E-state index contributed by atoms with van der Waals surface area (Å²) in [6.45, 7) is 4.76. The Morgan fingerprint density at radius 3 is 2.56 bits per heavy atom. The molecule has 0 spiro atoms. The van der Waals surface area contributed by atoms with Gasteiger partial charge < -0.3 is 5.32 Å². The minimum Gasteiger partial charge on any atom is -0.380 e. The third kappa shape index (κ3) is 2.49. The lowest BCUT2D eigenvalue weighted by molar-refractivity contribution is 1.08. The summed E-state index contributed by atoms with van der Waals surface area (Å²) in [4.78, 5) is 4.05. The van der Waals surface area contributed by atoms with Crippen molar-refractivity contribution >= 4 is 5.69 Å². The van der Waals surface area contributed by atoms with Crippen molar-refractivity contribution in [1.82, 2.24) is 4.98 Å². The molecule has 0 aliphatic carbocycles. The standard InChI is InChI=1S/C15H15N3/c1-11-5-3-6-12(2)15(11)18-10-13-7-4-8-17-14(13)9-16/h3-8,18H,10H2,1-2H3. The first-order valence-electron chi connectivity index (χ1n) is 5.86. The van der Waals surface area contributed by atoms with Crippen LogP contribution >= 0.6 is 0 Å². The van der Waals surface area contributed by atoms with Crippen molar-refractivity contribution < 1.29 is 0 Å². The molecule has 0 radical (unpaired) electrons. The van der Waals surface area contributed by atoms with E-state index in [9.17, 15) is 0 Å². The molecule has 0 aliphatic heterocycles. The van der Waals surface area contributed by atoms with Crippen LogP contribution in [0.2, 0.25) is 0 Å². The SMILES string of the molecule is Cc1cccc(C)c1NCc1cccnc1C#N. The van der Waals surface area contributed by atoms with Crippen molar-refractivity contribution in [2.45, 2.75) is 20.4 Å². The quantitative estimate of drug-likeness (QED) is 0.891. The van der Waals surface area contributed by atoms with E-state index in [1.54, 1.807) is 6.20 Å². The molecule has 1 aromatic carbocycles. The Bertz CT molecular complexity index is 577. The summed E-state index contributed by atoms with van der Waals surface area (Å²) < 4.78 is 0. The summed E-state index contributed by atoms with van der Waals surface area (Å²) in [6, 6.07) is 12.1. The molecule has 1 heterocycles. The van der Waals surface area contributed by atoms with Gasteiger partial charge in [-0.1, -0.05) is 24.3 Å². The second-order valence-corrected chi connectivity index (χ2v) is 4.24. The average molecular weight is 237 g/mol. The van der Waals surface area contributed by atoms with E-state index in [0.29, 0.717) is 12.2 Å². The van der Waals surface area contributed by atoms with Crippen molar-refractivity contribution in [2.24, 2.45) is 0 Å². The lowest BCUT2D eigenvalue weighted by atomic mass is 10.1. The molecule has 2 aromatic rings. The highest BCUT2D eigenvalue weighted by atomic mass is 14.9. The van der Waals surface area contributed by atoms with E-state index in [-0.39, 0.29) is 0 Å². The van der Waals surface area contributed by atoms with Crippen LogP contribution in [0.4, 0.5) is 5.69 Å². The summed E-state index contributed by atoms with van der Waals surface area (Å²) in [7, 11) is 0. The second kappa shape index (κ2) is 5.33. The summed E-state index contributed by atoms with van der Waals surface area (Å²) >= 11 is 0. The van der Waals surface area contributed by atoms with Crippen LogP contribution in [0.3, 0.4) is 0 Å². The van der Waals surface area contributed by atoms with Crippen LogP contribution in [0.25, 0.3) is 0 Å². The Balaban J connectivity index is 2.20. The summed E-state index contributed by atoms with van der Waals surface area (Å²) in [5.74, 6) is 0. The molecule has 18 heavy (non-hydrogen) atoms. The van der Waals surface area contributed by atoms with E-state index in [0.717, 1.165) is 11.3 Å². The zero-order valence-corrected chi connectivity index (χ0v) is 10.6. The predicted octanol–water partition coefficient (Wildman–Crippen LogP) is 3.18. The van der Waals surface area contributed by atoms with Crippen LogP contribution in [0.15, 0.2) is 36.5 Å². The minimum atomic E-state index is 0.483. The lowest BCUT2D eigenvalue weighted by Gasteiger charge is -2.12. The first-order valence-corrected chi connectivity index (χ1v) is 5.86. The van der Waals surface area contributed by atoms with Gasteiger partial charge in [0.1, 0.15) is 11.8 Å². The largest absolute Gasteiger partial charge is 0.380 e. The predicted molar refractivity (Wildman–Crippen MR) is 72.2 cm³/mol. The molecule has 0 fully saturated rings. The zero-order chi connectivity index (χ0) is 13.0. The van der Waals surface area contributed by atoms with E-state index < -0.39 is 0 Å². The molecule has 0 saturated heterocycles. The number of aryl methyl sites for hydroxylation is 2. The fraction of sp³-hybridized carbons (Fsp3) is 0.200. The van der Waals surface area contributed by atoms with Gasteiger partial charge in [0.2, 0.25) is 0 Å². The van der Waals surface area contributed by atoms with E-state index in [1.165, 1.54) is 11.1 Å². The van der Waals surface area contributed by atoms with Crippen molar-refractivity contribution in [3.05, 3.63) is 58.9 Å². The van der Waals surface area contributed by atoms with Crippen LogP contribution in [0.1, 0.15) is 22.4 Å². The fourth-order valence-corrected chi connectivity index (χ4v) is 1.96. The first kappa shape index (κ1) is 12.1. The third-order valence-corrected chi connectivity index (χ3v) is 2.93. The van der Waals surface area contributed by atoms with E-state index in [2.05, 4.69) is 42.4 Å². The number of anilines is 1. The van der Waals surface area contributed by atoms with Gasteiger partial charge in [0.05, 0.1) is 0 Å². The average Bonchev–Trinajstić information content (AvgIpc) is 2.38. The third-order valence-electron chi connectivity index (χ3n) is 2.93. The molecule has 0 aliphatic rings. The topological polar surface area (TPSA) is 48.7 Å². The van der Waals surface area contributed by atoms with Gasteiger partial charge in [0.15, 0.2) is 0 Å². The normalized spacial score (nSPS) is 9.83. The number of para-hydroxylation sites is 1. The summed E-state index contributed by atoms with van der Waals surface area (Å²) in [5.41, 5.74) is 4.94. The molecular formula is C15H15N3. The first-order chi connectivity index (χ1) is 8.72. The molecule has 1 aromatic heterocycles. The number of nitrogens with one attached hydrogen (secondary N) is 1. The maximum atomic E-state index is 8.98. The van der Waals surface area contributed by atoms with Gasteiger partial charge in [-0.25, -0.2) is 4.98 Å². The fourth-order valence-electron chi connectivity index (χ4n) is 1.96. The molecule has 0 saturated carbocycles. The monoisotopic (exact) mass is 237 g/mol. The van der Waals surface area contributed by atoms with Gasteiger partial charge >= 0.3 is 0 Å². The maximum Gasteiger partial charge on any atom is 0.145 e. The zero-order valence-electron chi connectivity index (χ0n) is 10.6.